The van der Waals surface area contributed by atoms with E-state index < -0.39 is 18.9 Å². The van der Waals surface area contributed by atoms with E-state index in [1.807, 2.05) is 7.05 Å². The number of pyridine rings is 1. The van der Waals surface area contributed by atoms with E-state index >= 15 is 0 Å². The van der Waals surface area contributed by atoms with Crippen molar-refractivity contribution in [1.82, 2.24) is 19.4 Å². The Kier molecular flexibility index (Phi) is 6.94. The lowest BCUT2D eigenvalue weighted by Crippen LogP contribution is -2.33. The van der Waals surface area contributed by atoms with E-state index in [4.69, 9.17) is 11.6 Å². The quantitative estimate of drug-likeness (QED) is 0.458. The second kappa shape index (κ2) is 9.53. The van der Waals surface area contributed by atoms with Crippen LogP contribution in [0.5, 0.6) is 0 Å². The minimum Gasteiger partial charge on any atom is -0.338 e. The van der Waals surface area contributed by atoms with E-state index in [9.17, 15) is 22.5 Å². The molecule has 3 heterocycles. The molecule has 2 aromatic heterocycles. The van der Waals surface area contributed by atoms with Gasteiger partial charge in [0.15, 0.2) is 5.82 Å². The smallest absolute Gasteiger partial charge is 0.338 e. The monoisotopic (exact) mass is 540 g/mol. The van der Waals surface area contributed by atoms with Gasteiger partial charge in [-0.3, -0.25) is 4.79 Å². The van der Waals surface area contributed by atoms with Gasteiger partial charge in [0.25, 0.3) is 5.56 Å². The first-order valence-electron chi connectivity index (χ1n) is 11.0. The lowest BCUT2D eigenvalue weighted by molar-refractivity contribution is -0.137. The standard InChI is InChI=1S/C23H25ClF3N6O2P/c1-32-8-7-18-13(12-32)9-17(21(34)33(18)2)30-22-28-11-15(24)20(31-22)29-16-6-5-14(23(25,26)27)10-19(16)36(3,4)35/h5-6,9-11H,7-8,12H2,1-4H3,(H2,28,29,30,31). The zero-order valence-corrected chi connectivity index (χ0v) is 21.7. The third kappa shape index (κ3) is 5.43. The zero-order valence-electron chi connectivity index (χ0n) is 20.1. The highest BCUT2D eigenvalue weighted by Gasteiger charge is 2.32. The second-order valence-corrected chi connectivity index (χ2v) is 12.7. The van der Waals surface area contributed by atoms with Gasteiger partial charge >= 0.3 is 6.18 Å². The fourth-order valence-electron chi connectivity index (χ4n) is 4.08. The molecule has 0 amide bonds. The van der Waals surface area contributed by atoms with Crippen molar-refractivity contribution in [2.45, 2.75) is 19.1 Å². The number of benzene rings is 1. The lowest BCUT2D eigenvalue weighted by Gasteiger charge is -2.27. The maximum absolute atomic E-state index is 13.2. The molecule has 0 spiro atoms. The van der Waals surface area contributed by atoms with Crippen LogP contribution >= 0.6 is 18.7 Å². The summed E-state index contributed by atoms with van der Waals surface area (Å²) in [4.78, 5) is 23.5. The molecule has 1 aliphatic rings. The molecule has 36 heavy (non-hydrogen) atoms. The topological polar surface area (TPSA) is 92.2 Å². The summed E-state index contributed by atoms with van der Waals surface area (Å²) in [5.74, 6) is 0.144. The highest BCUT2D eigenvalue weighted by molar-refractivity contribution is 7.70. The fourth-order valence-corrected chi connectivity index (χ4v) is 5.38. The van der Waals surface area contributed by atoms with Crippen LogP contribution in [0.25, 0.3) is 0 Å². The number of hydrogen-bond donors (Lipinski definition) is 2. The first kappa shape index (κ1) is 26.2. The number of nitrogens with one attached hydrogen (secondary N) is 2. The molecule has 8 nitrogen and oxygen atoms in total. The molecule has 0 bridgehead atoms. The Morgan fingerprint density at radius 2 is 1.83 bits per heavy atom. The minimum atomic E-state index is -4.58. The zero-order chi connectivity index (χ0) is 26.4. The number of fused-ring (bicyclic) bond motifs is 1. The average Bonchev–Trinajstić information content (AvgIpc) is 2.78. The van der Waals surface area contributed by atoms with Crippen molar-refractivity contribution in [1.29, 1.82) is 0 Å². The molecule has 2 N–H and O–H groups in total. The van der Waals surface area contributed by atoms with E-state index in [1.54, 1.807) is 17.7 Å². The van der Waals surface area contributed by atoms with Crippen LogP contribution in [0.3, 0.4) is 0 Å². The Labute approximate surface area is 210 Å². The van der Waals surface area contributed by atoms with Crippen LogP contribution in [0.15, 0.2) is 35.3 Å². The van der Waals surface area contributed by atoms with Gasteiger partial charge in [-0.1, -0.05) is 11.6 Å². The van der Waals surface area contributed by atoms with E-state index in [2.05, 4.69) is 25.5 Å². The van der Waals surface area contributed by atoms with Crippen molar-refractivity contribution in [2.75, 3.05) is 37.6 Å². The summed E-state index contributed by atoms with van der Waals surface area (Å²) < 4.78 is 54.1. The predicted molar refractivity (Wildman–Crippen MR) is 136 cm³/mol. The van der Waals surface area contributed by atoms with E-state index in [0.29, 0.717) is 6.54 Å². The first-order chi connectivity index (χ1) is 16.7. The fraction of sp³-hybridized carbons (Fsp3) is 0.348. The van der Waals surface area contributed by atoms with Crippen LogP contribution < -0.4 is 21.5 Å². The highest BCUT2D eigenvalue weighted by Crippen LogP contribution is 2.41. The lowest BCUT2D eigenvalue weighted by atomic mass is 10.1. The Morgan fingerprint density at radius 3 is 2.50 bits per heavy atom. The van der Waals surface area contributed by atoms with Crippen LogP contribution in [0.2, 0.25) is 5.02 Å². The highest BCUT2D eigenvalue weighted by atomic mass is 35.5. The van der Waals surface area contributed by atoms with Gasteiger partial charge in [-0.15, -0.1) is 0 Å². The molecule has 0 atom stereocenters. The minimum absolute atomic E-state index is 0.00851. The Bertz CT molecular complexity index is 1440. The number of likely N-dealkylation sites (N-methyl/N-ethyl adjacent to an activating group) is 1. The number of rotatable bonds is 5. The van der Waals surface area contributed by atoms with Gasteiger partial charge in [0, 0.05) is 37.6 Å². The molecule has 3 aromatic rings. The van der Waals surface area contributed by atoms with Crippen molar-refractivity contribution in [2.24, 2.45) is 7.05 Å². The van der Waals surface area contributed by atoms with Gasteiger partial charge in [-0.05, 0) is 50.2 Å². The molecule has 0 unspecified atom stereocenters. The third-order valence-corrected chi connectivity index (χ3v) is 7.76. The van der Waals surface area contributed by atoms with Gasteiger partial charge < -0.3 is 24.7 Å². The Morgan fingerprint density at radius 1 is 1.11 bits per heavy atom. The van der Waals surface area contributed by atoms with Gasteiger partial charge in [0.1, 0.15) is 17.9 Å². The maximum Gasteiger partial charge on any atom is 0.416 e. The Balaban J connectivity index is 1.69. The molecule has 0 fully saturated rings. The van der Waals surface area contributed by atoms with Crippen LogP contribution in [0, 0.1) is 0 Å². The van der Waals surface area contributed by atoms with Crippen LogP contribution in [-0.4, -0.2) is 46.4 Å². The summed E-state index contributed by atoms with van der Waals surface area (Å²) in [5, 5.41) is 5.91. The average molecular weight is 541 g/mol. The summed E-state index contributed by atoms with van der Waals surface area (Å²) in [6.45, 7) is 4.31. The van der Waals surface area contributed by atoms with Gasteiger partial charge in [0.2, 0.25) is 5.95 Å². The molecule has 0 saturated heterocycles. The second-order valence-electron chi connectivity index (χ2n) is 9.10. The van der Waals surface area contributed by atoms with Crippen molar-refractivity contribution in [3.8, 4) is 0 Å². The van der Waals surface area contributed by atoms with E-state index in [0.717, 1.165) is 36.4 Å². The number of nitrogens with zero attached hydrogens (tertiary/aromatic N) is 4. The van der Waals surface area contributed by atoms with Crippen LogP contribution in [0.1, 0.15) is 16.8 Å². The maximum atomic E-state index is 13.2. The number of halogens is 4. The number of anilines is 4. The summed E-state index contributed by atoms with van der Waals surface area (Å²) >= 11 is 6.25. The third-order valence-electron chi connectivity index (χ3n) is 5.95. The normalized spacial score (nSPS) is 14.4. The molecule has 192 valence electrons. The molecule has 0 radical (unpaired) electrons. The molecule has 1 aliphatic heterocycles. The molecular formula is C23H25ClF3N6O2P. The Hall–Kier alpha value is -2.88. The van der Waals surface area contributed by atoms with Crippen LogP contribution in [-0.2, 0) is 30.8 Å². The van der Waals surface area contributed by atoms with E-state index in [1.165, 1.54) is 25.6 Å². The van der Waals surface area contributed by atoms with E-state index in [-0.39, 0.29) is 39.0 Å². The molecular weight excluding hydrogens is 516 g/mol. The van der Waals surface area contributed by atoms with Gasteiger partial charge in [-0.25, -0.2) is 4.98 Å². The van der Waals surface area contributed by atoms with Gasteiger partial charge in [-0.2, -0.15) is 18.2 Å². The number of aromatic nitrogens is 3. The van der Waals surface area contributed by atoms with Crippen molar-refractivity contribution >= 4 is 47.2 Å². The summed E-state index contributed by atoms with van der Waals surface area (Å²) in [5.41, 5.74) is 1.29. The van der Waals surface area contributed by atoms with Gasteiger partial charge in [0.05, 0.1) is 17.4 Å². The summed E-state index contributed by atoms with van der Waals surface area (Å²) in [6.07, 6.45) is -2.52. The van der Waals surface area contributed by atoms with Crippen LogP contribution in [0.4, 0.5) is 36.3 Å². The summed E-state index contributed by atoms with van der Waals surface area (Å²) in [7, 11) is 0.606. The molecule has 4 rings (SSSR count). The SMILES string of the molecule is CN1CCc2c(cc(Nc3ncc(Cl)c(Nc4ccc(C(F)(F)F)cc4P(C)(C)=O)n3)c(=O)n2C)C1. The number of hydrogen-bond acceptors (Lipinski definition) is 7. The molecule has 13 heteroatoms. The number of alkyl halides is 3. The predicted octanol–water partition coefficient (Wildman–Crippen LogP) is 4.57. The molecule has 1 aromatic carbocycles. The molecule has 0 aliphatic carbocycles. The van der Waals surface area contributed by atoms with Crippen molar-refractivity contribution < 1.29 is 17.7 Å². The first-order valence-corrected chi connectivity index (χ1v) is 14.0. The molecule has 0 saturated carbocycles. The summed E-state index contributed by atoms with van der Waals surface area (Å²) in [6, 6.07) is 4.73. The van der Waals surface area contributed by atoms with Crippen molar-refractivity contribution in [3.63, 3.8) is 0 Å². The largest absolute Gasteiger partial charge is 0.416 e. The van der Waals surface area contributed by atoms with Crippen molar-refractivity contribution in [3.05, 3.63) is 62.7 Å².